The number of hydrogen-bond donors (Lipinski definition) is 1. The van der Waals surface area contributed by atoms with Gasteiger partial charge in [0.15, 0.2) is 11.6 Å². The van der Waals surface area contributed by atoms with Gasteiger partial charge in [0.1, 0.15) is 0 Å². The number of carbonyl (C=O) groups excluding carboxylic acids is 1. The number of rotatable bonds is 5. The Morgan fingerprint density at radius 3 is 2.49 bits per heavy atom. The van der Waals surface area contributed by atoms with Gasteiger partial charge < -0.3 is 10.6 Å². The monoisotopic (exact) mass is 524 g/mol. The Morgan fingerprint density at radius 1 is 1.14 bits per heavy atom. The largest absolute Gasteiger partial charge is 0.370 e. The van der Waals surface area contributed by atoms with Gasteiger partial charge >= 0.3 is 0 Å². The molecule has 3 aromatic rings. The average Bonchev–Trinajstić information content (AvgIpc) is 3.26. The molecule has 1 aromatic carbocycles. The van der Waals surface area contributed by atoms with Crippen molar-refractivity contribution in [2.75, 3.05) is 36.5 Å². The van der Waals surface area contributed by atoms with E-state index in [1.165, 1.54) is 6.07 Å². The summed E-state index contributed by atoms with van der Waals surface area (Å²) in [4.78, 5) is 18.8. The molecule has 196 valence electrons. The van der Waals surface area contributed by atoms with E-state index in [2.05, 4.69) is 26.4 Å². The quantitative estimate of drug-likeness (QED) is 0.542. The lowest BCUT2D eigenvalue weighted by Gasteiger charge is -2.30. The van der Waals surface area contributed by atoms with Crippen LogP contribution in [0.4, 0.5) is 10.1 Å². The molecule has 2 aliphatic rings. The number of halogens is 1. The molecule has 2 fully saturated rings. The minimum absolute atomic E-state index is 0.133. The molecule has 1 amide bonds. The number of amides is 1. The van der Waals surface area contributed by atoms with Gasteiger partial charge in [0.05, 0.1) is 11.4 Å². The highest BCUT2D eigenvalue weighted by molar-refractivity contribution is 7.93. The van der Waals surface area contributed by atoms with Gasteiger partial charge in [-0.2, -0.15) is 5.10 Å². The molecule has 1 aliphatic heterocycles. The maximum absolute atomic E-state index is 14.8. The Bertz CT molecular complexity index is 1410. The number of carbonyl (C=O) groups is 1. The molecule has 0 unspecified atom stereocenters. The third-order valence-corrected chi connectivity index (χ3v) is 10.1. The second kappa shape index (κ2) is 10.2. The number of pyridine rings is 1. The fraction of sp³-hybridized carbons (Fsp3) is 0.444. The highest BCUT2D eigenvalue weighted by Crippen LogP contribution is 2.43. The lowest BCUT2D eigenvalue weighted by atomic mass is 9.75. The first-order valence-corrected chi connectivity index (χ1v) is 14.6. The maximum Gasteiger partial charge on any atom is 0.221 e. The molecule has 10 heteroatoms. The molecule has 8 nitrogen and oxygen atoms in total. The fourth-order valence-electron chi connectivity index (χ4n) is 5.68. The van der Waals surface area contributed by atoms with Crippen LogP contribution in [0.5, 0.6) is 0 Å². The van der Waals surface area contributed by atoms with E-state index in [-0.39, 0.29) is 23.6 Å². The summed E-state index contributed by atoms with van der Waals surface area (Å²) >= 11 is 0. The van der Waals surface area contributed by atoms with Crippen molar-refractivity contribution >= 4 is 21.3 Å². The smallest absolute Gasteiger partial charge is 0.221 e. The highest BCUT2D eigenvalue weighted by atomic mass is 32.2. The van der Waals surface area contributed by atoms with Crippen LogP contribution in [0.3, 0.4) is 0 Å². The number of anilines is 1. The predicted molar refractivity (Wildman–Crippen MR) is 144 cm³/mol. The molecule has 2 aromatic heterocycles. The molecular weight excluding hydrogens is 491 g/mol. The SMILES string of the molecule is CN=S1(=O)CCN(c2ccc(-c3c([C@@H]4CCCC[C@H]4C(N)=O)nn(-c4ncccc4F)c3C)cc2)CC1. The Morgan fingerprint density at radius 2 is 1.84 bits per heavy atom. The summed E-state index contributed by atoms with van der Waals surface area (Å²) in [5, 5.41) is 4.86. The van der Waals surface area contributed by atoms with Gasteiger partial charge in [-0.3, -0.25) is 4.79 Å². The first-order chi connectivity index (χ1) is 17.8. The number of primary amides is 1. The molecule has 5 rings (SSSR count). The summed E-state index contributed by atoms with van der Waals surface area (Å²) in [6.45, 7) is 3.30. The van der Waals surface area contributed by atoms with Gasteiger partial charge in [0.2, 0.25) is 5.91 Å². The molecule has 2 atom stereocenters. The lowest BCUT2D eigenvalue weighted by molar-refractivity contribution is -0.123. The lowest BCUT2D eigenvalue weighted by Crippen LogP contribution is -2.40. The van der Waals surface area contributed by atoms with E-state index in [0.29, 0.717) is 24.6 Å². The normalized spacial score (nSPS) is 21.5. The number of nitrogens with two attached hydrogens (primary N) is 1. The zero-order chi connectivity index (χ0) is 26.2. The van der Waals surface area contributed by atoms with Gasteiger partial charge in [-0.05, 0) is 49.6 Å². The second-order valence-electron chi connectivity index (χ2n) is 9.86. The minimum atomic E-state index is -2.09. The molecule has 0 spiro atoms. The molecule has 0 radical (unpaired) electrons. The molecule has 3 heterocycles. The molecule has 2 N–H and O–H groups in total. The van der Waals surface area contributed by atoms with E-state index >= 15 is 0 Å². The van der Waals surface area contributed by atoms with E-state index in [0.717, 1.165) is 53.9 Å². The van der Waals surface area contributed by atoms with Gasteiger partial charge in [-0.15, -0.1) is 0 Å². The van der Waals surface area contributed by atoms with Crippen LogP contribution in [0.25, 0.3) is 16.9 Å². The van der Waals surface area contributed by atoms with Crippen molar-refractivity contribution in [3.05, 3.63) is 59.8 Å². The van der Waals surface area contributed by atoms with Crippen LogP contribution in [0.2, 0.25) is 0 Å². The molecule has 0 bridgehead atoms. The molecule has 37 heavy (non-hydrogen) atoms. The van der Waals surface area contributed by atoms with Crippen molar-refractivity contribution < 1.29 is 13.4 Å². The van der Waals surface area contributed by atoms with E-state index in [9.17, 15) is 13.4 Å². The van der Waals surface area contributed by atoms with Crippen molar-refractivity contribution in [3.8, 4) is 16.9 Å². The van der Waals surface area contributed by atoms with Gasteiger partial charge in [0.25, 0.3) is 0 Å². The van der Waals surface area contributed by atoms with Crippen LogP contribution in [0, 0.1) is 18.7 Å². The van der Waals surface area contributed by atoms with Gasteiger partial charge in [0, 0.05) is 70.7 Å². The van der Waals surface area contributed by atoms with Crippen molar-refractivity contribution in [2.24, 2.45) is 16.0 Å². The summed E-state index contributed by atoms with van der Waals surface area (Å²) in [5.41, 5.74) is 10.2. The Balaban J connectivity index is 1.56. The highest BCUT2D eigenvalue weighted by Gasteiger charge is 2.35. The van der Waals surface area contributed by atoms with E-state index in [1.54, 1.807) is 24.0 Å². The van der Waals surface area contributed by atoms with Crippen LogP contribution >= 0.6 is 0 Å². The van der Waals surface area contributed by atoms with E-state index < -0.39 is 15.5 Å². The third kappa shape index (κ3) is 4.86. The van der Waals surface area contributed by atoms with Crippen LogP contribution in [0.15, 0.2) is 47.0 Å². The third-order valence-electron chi connectivity index (χ3n) is 7.78. The fourth-order valence-corrected chi connectivity index (χ4v) is 7.26. The number of hydrogen-bond acceptors (Lipinski definition) is 6. The van der Waals surface area contributed by atoms with Crippen molar-refractivity contribution in [1.29, 1.82) is 0 Å². The summed E-state index contributed by atoms with van der Waals surface area (Å²) in [5.74, 6) is 0.0323. The van der Waals surface area contributed by atoms with Crippen molar-refractivity contribution in [1.82, 2.24) is 14.8 Å². The van der Waals surface area contributed by atoms with Crippen LogP contribution in [0.1, 0.15) is 43.0 Å². The Hall–Kier alpha value is -3.27. The first kappa shape index (κ1) is 25.4. The number of aromatic nitrogens is 3. The van der Waals surface area contributed by atoms with Crippen LogP contribution in [-0.4, -0.2) is 56.5 Å². The molecule has 1 saturated carbocycles. The number of benzene rings is 1. The molecule has 1 saturated heterocycles. The number of nitrogens with zero attached hydrogens (tertiary/aromatic N) is 5. The summed E-state index contributed by atoms with van der Waals surface area (Å²) in [6.07, 6.45) is 5.01. The predicted octanol–water partition coefficient (Wildman–Crippen LogP) is 4.06. The second-order valence-corrected chi connectivity index (χ2v) is 12.6. The van der Waals surface area contributed by atoms with Crippen molar-refractivity contribution in [3.63, 3.8) is 0 Å². The molecule has 1 aliphatic carbocycles. The zero-order valence-corrected chi connectivity index (χ0v) is 22.1. The van der Waals surface area contributed by atoms with Crippen LogP contribution < -0.4 is 10.6 Å². The molecular formula is C27H33FN6O2S. The Labute approximate surface area is 217 Å². The summed E-state index contributed by atoms with van der Waals surface area (Å²) < 4.78 is 33.0. The maximum atomic E-state index is 14.8. The average molecular weight is 525 g/mol. The van der Waals surface area contributed by atoms with Crippen molar-refractivity contribution in [2.45, 2.75) is 38.5 Å². The zero-order valence-electron chi connectivity index (χ0n) is 21.3. The first-order valence-electron chi connectivity index (χ1n) is 12.8. The van der Waals surface area contributed by atoms with Gasteiger partial charge in [-0.25, -0.2) is 22.6 Å². The standard InChI is InChI=1S/C27H33FN6O2S/c1-18-24(19-9-11-20(12-10-19)33-14-16-37(36,30-2)17-15-33)25(21-6-3-4-7-22(21)26(29)35)32-34(18)27-23(28)8-5-13-31-27/h5,8-13,21-22H,3-4,6-7,14-17H2,1-2H3,(H2,29,35)/t21-,22-/m1/s1. The topological polar surface area (TPSA) is 106 Å². The van der Waals surface area contributed by atoms with Crippen LogP contribution in [-0.2, 0) is 14.5 Å². The van der Waals surface area contributed by atoms with E-state index in [1.807, 2.05) is 19.1 Å². The van der Waals surface area contributed by atoms with Gasteiger partial charge in [-0.1, -0.05) is 25.0 Å². The Kier molecular flexibility index (Phi) is 7.02. The summed E-state index contributed by atoms with van der Waals surface area (Å²) in [6, 6.07) is 11.1. The summed E-state index contributed by atoms with van der Waals surface area (Å²) in [7, 11) is -0.448. The minimum Gasteiger partial charge on any atom is -0.370 e. The van der Waals surface area contributed by atoms with E-state index in [4.69, 9.17) is 10.8 Å².